The minimum Gasteiger partial charge on any atom is -0.292 e. The third kappa shape index (κ3) is 2.62. The van der Waals surface area contributed by atoms with Gasteiger partial charge in [0.15, 0.2) is 5.78 Å². The summed E-state index contributed by atoms with van der Waals surface area (Å²) in [6.45, 7) is 4.05. The van der Waals surface area contributed by atoms with Gasteiger partial charge in [-0.15, -0.1) is 0 Å². The number of Topliss-reactive ketones (excluding diaryl/α,β-unsaturated/α-hetero) is 1. The number of rotatable bonds is 3. The average molecular weight is 263 g/mol. The average Bonchev–Trinajstić information content (AvgIpc) is 2.56. The van der Waals surface area contributed by atoms with Gasteiger partial charge in [0.05, 0.1) is 11.2 Å². The topological polar surface area (TPSA) is 34.9 Å². The van der Waals surface area contributed by atoms with Crippen LogP contribution in [0.5, 0.6) is 0 Å². The Labute approximate surface area is 111 Å². The van der Waals surface area contributed by atoms with Gasteiger partial charge in [0, 0.05) is 13.5 Å². The van der Waals surface area contributed by atoms with Crippen molar-refractivity contribution in [2.75, 3.05) is 0 Å². The monoisotopic (exact) mass is 262 g/mol. The van der Waals surface area contributed by atoms with Gasteiger partial charge in [-0.1, -0.05) is 40.9 Å². The lowest BCUT2D eigenvalue weighted by Crippen LogP contribution is -2.10. The zero-order valence-corrected chi connectivity index (χ0v) is 11.5. The van der Waals surface area contributed by atoms with Crippen molar-refractivity contribution in [2.45, 2.75) is 20.3 Å². The quantitative estimate of drug-likeness (QED) is 0.797. The molecule has 1 aromatic heterocycles. The SMILES string of the molecule is Cc1cc(C)cc(CC(=O)c2c(Cl)cnn2C)c1. The Morgan fingerprint density at radius 2 is 1.89 bits per heavy atom. The van der Waals surface area contributed by atoms with Crippen LogP contribution >= 0.6 is 11.6 Å². The molecule has 3 nitrogen and oxygen atoms in total. The summed E-state index contributed by atoms with van der Waals surface area (Å²) in [5.74, 6) is -0.00926. The van der Waals surface area contributed by atoms with E-state index in [1.165, 1.54) is 10.9 Å². The van der Waals surface area contributed by atoms with E-state index in [4.69, 9.17) is 11.6 Å². The lowest BCUT2D eigenvalue weighted by Gasteiger charge is -2.05. The number of benzene rings is 1. The molecule has 0 fully saturated rings. The van der Waals surface area contributed by atoms with Crippen molar-refractivity contribution in [1.82, 2.24) is 9.78 Å². The number of hydrogen-bond donors (Lipinski definition) is 0. The van der Waals surface area contributed by atoms with Crippen LogP contribution in [-0.4, -0.2) is 15.6 Å². The molecule has 0 saturated heterocycles. The highest BCUT2D eigenvalue weighted by Crippen LogP contribution is 2.18. The van der Waals surface area contributed by atoms with Crippen molar-refractivity contribution >= 4 is 17.4 Å². The Morgan fingerprint density at radius 3 is 2.39 bits per heavy atom. The molecule has 0 radical (unpaired) electrons. The van der Waals surface area contributed by atoms with Gasteiger partial charge in [-0.3, -0.25) is 9.48 Å². The van der Waals surface area contributed by atoms with Crippen molar-refractivity contribution in [3.8, 4) is 0 Å². The van der Waals surface area contributed by atoms with E-state index in [9.17, 15) is 4.79 Å². The molecule has 2 aromatic rings. The van der Waals surface area contributed by atoms with Crippen molar-refractivity contribution in [3.05, 3.63) is 51.8 Å². The van der Waals surface area contributed by atoms with E-state index >= 15 is 0 Å². The Bertz CT molecular complexity index is 562. The van der Waals surface area contributed by atoms with E-state index < -0.39 is 0 Å². The van der Waals surface area contributed by atoms with Crippen LogP contribution in [0.3, 0.4) is 0 Å². The molecule has 1 heterocycles. The van der Waals surface area contributed by atoms with E-state index in [2.05, 4.69) is 11.2 Å². The van der Waals surface area contributed by atoms with Gasteiger partial charge in [-0.25, -0.2) is 0 Å². The predicted molar refractivity (Wildman–Crippen MR) is 72.2 cm³/mol. The third-order valence-electron chi connectivity index (χ3n) is 2.80. The minimum atomic E-state index is -0.00926. The molecule has 2 rings (SSSR count). The Hall–Kier alpha value is -1.61. The smallest absolute Gasteiger partial charge is 0.186 e. The molecule has 0 saturated carbocycles. The van der Waals surface area contributed by atoms with Crippen LogP contribution in [0.15, 0.2) is 24.4 Å². The molecule has 94 valence electrons. The Balaban J connectivity index is 2.27. The number of halogens is 1. The second-order valence-corrected chi connectivity index (χ2v) is 4.97. The van der Waals surface area contributed by atoms with Gasteiger partial charge < -0.3 is 0 Å². The normalized spacial score (nSPS) is 10.7. The van der Waals surface area contributed by atoms with E-state index in [-0.39, 0.29) is 5.78 Å². The van der Waals surface area contributed by atoms with Gasteiger partial charge in [-0.05, 0) is 19.4 Å². The first-order chi connectivity index (χ1) is 8.47. The van der Waals surface area contributed by atoms with Crippen LogP contribution in [0.1, 0.15) is 27.2 Å². The summed E-state index contributed by atoms with van der Waals surface area (Å²) < 4.78 is 1.52. The summed E-state index contributed by atoms with van der Waals surface area (Å²) in [7, 11) is 1.72. The molecule has 0 spiro atoms. The summed E-state index contributed by atoms with van der Waals surface area (Å²) in [4.78, 5) is 12.2. The standard InChI is InChI=1S/C14H15ClN2O/c1-9-4-10(2)6-11(5-9)7-13(18)14-12(15)8-16-17(14)3/h4-6,8H,7H2,1-3H3. The highest BCUT2D eigenvalue weighted by atomic mass is 35.5. The molecule has 0 bridgehead atoms. The number of aromatic nitrogens is 2. The first kappa shape index (κ1) is 12.8. The van der Waals surface area contributed by atoms with E-state index in [1.54, 1.807) is 7.05 Å². The Morgan fingerprint density at radius 1 is 1.28 bits per heavy atom. The molecular weight excluding hydrogens is 248 g/mol. The summed E-state index contributed by atoms with van der Waals surface area (Å²) in [5.41, 5.74) is 3.80. The van der Waals surface area contributed by atoms with Crippen molar-refractivity contribution in [1.29, 1.82) is 0 Å². The maximum Gasteiger partial charge on any atom is 0.186 e. The lowest BCUT2D eigenvalue weighted by atomic mass is 10.0. The predicted octanol–water partition coefficient (Wildman–Crippen LogP) is 3.12. The molecule has 1 aromatic carbocycles. The number of hydrogen-bond acceptors (Lipinski definition) is 2. The van der Waals surface area contributed by atoms with Gasteiger partial charge in [0.2, 0.25) is 0 Å². The molecule has 0 aliphatic heterocycles. The first-order valence-electron chi connectivity index (χ1n) is 5.75. The van der Waals surface area contributed by atoms with Gasteiger partial charge in [-0.2, -0.15) is 5.10 Å². The number of carbonyl (C=O) groups is 1. The highest BCUT2D eigenvalue weighted by molar-refractivity contribution is 6.33. The second kappa shape index (κ2) is 4.94. The molecular formula is C14H15ClN2O. The fourth-order valence-corrected chi connectivity index (χ4v) is 2.44. The minimum absolute atomic E-state index is 0.00926. The summed E-state index contributed by atoms with van der Waals surface area (Å²) in [6, 6.07) is 6.13. The van der Waals surface area contributed by atoms with Crippen molar-refractivity contribution < 1.29 is 4.79 Å². The fourth-order valence-electron chi connectivity index (χ4n) is 2.16. The summed E-state index contributed by atoms with van der Waals surface area (Å²) in [6.07, 6.45) is 1.85. The highest BCUT2D eigenvalue weighted by Gasteiger charge is 2.16. The van der Waals surface area contributed by atoms with Crippen LogP contribution in [0.4, 0.5) is 0 Å². The van der Waals surface area contributed by atoms with Crippen LogP contribution in [0.25, 0.3) is 0 Å². The molecule has 18 heavy (non-hydrogen) atoms. The zero-order valence-electron chi connectivity index (χ0n) is 10.7. The van der Waals surface area contributed by atoms with E-state index in [0.717, 1.165) is 16.7 Å². The van der Waals surface area contributed by atoms with Crippen molar-refractivity contribution in [2.24, 2.45) is 7.05 Å². The van der Waals surface area contributed by atoms with Crippen LogP contribution < -0.4 is 0 Å². The second-order valence-electron chi connectivity index (χ2n) is 4.56. The van der Waals surface area contributed by atoms with Crippen LogP contribution in [0, 0.1) is 13.8 Å². The van der Waals surface area contributed by atoms with Crippen LogP contribution in [-0.2, 0) is 13.5 Å². The summed E-state index contributed by atoms with van der Waals surface area (Å²) >= 11 is 5.96. The van der Waals surface area contributed by atoms with Gasteiger partial charge in [0.25, 0.3) is 0 Å². The van der Waals surface area contributed by atoms with Gasteiger partial charge in [0.1, 0.15) is 5.69 Å². The van der Waals surface area contributed by atoms with Gasteiger partial charge >= 0.3 is 0 Å². The fraction of sp³-hybridized carbons (Fsp3) is 0.286. The largest absolute Gasteiger partial charge is 0.292 e. The number of ketones is 1. The number of carbonyl (C=O) groups excluding carboxylic acids is 1. The lowest BCUT2D eigenvalue weighted by molar-refractivity contribution is 0.0984. The van der Waals surface area contributed by atoms with E-state index in [1.807, 2.05) is 26.0 Å². The van der Waals surface area contributed by atoms with Crippen LogP contribution in [0.2, 0.25) is 5.02 Å². The number of nitrogens with zero attached hydrogens (tertiary/aromatic N) is 2. The maximum atomic E-state index is 12.2. The van der Waals surface area contributed by atoms with E-state index in [0.29, 0.717) is 17.1 Å². The van der Waals surface area contributed by atoms with Crippen molar-refractivity contribution in [3.63, 3.8) is 0 Å². The molecule has 0 atom stereocenters. The molecule has 0 aliphatic rings. The molecule has 0 N–H and O–H groups in total. The Kier molecular flexibility index (Phi) is 3.53. The first-order valence-corrected chi connectivity index (χ1v) is 6.13. The summed E-state index contributed by atoms with van der Waals surface area (Å²) in [5, 5.41) is 4.39. The maximum absolute atomic E-state index is 12.2. The number of aryl methyl sites for hydroxylation is 3. The molecule has 0 unspecified atom stereocenters. The molecule has 0 amide bonds. The third-order valence-corrected chi connectivity index (χ3v) is 3.08. The molecule has 4 heteroatoms. The zero-order chi connectivity index (χ0) is 13.3. The molecule has 0 aliphatic carbocycles.